The van der Waals surface area contributed by atoms with Crippen molar-refractivity contribution >= 4 is 52.8 Å². The fourth-order valence-corrected chi connectivity index (χ4v) is 9.98. The zero-order valence-electron chi connectivity index (χ0n) is 37.5. The number of carbonyl (C=O) groups excluding carboxylic acids is 4. The summed E-state index contributed by atoms with van der Waals surface area (Å²) in [5.41, 5.74) is 4.96. The molecule has 4 fully saturated rings. The summed E-state index contributed by atoms with van der Waals surface area (Å²) in [5.74, 6) is -2.62. The van der Waals surface area contributed by atoms with E-state index in [1.807, 2.05) is 48.5 Å². The topological polar surface area (TPSA) is 189 Å². The molecular weight excluding hydrogens is 905 g/mol. The number of anilines is 2. The molecule has 9 rings (SSSR count). The normalized spacial score (nSPS) is 19.7. The van der Waals surface area contributed by atoms with E-state index < -0.39 is 35.9 Å². The van der Waals surface area contributed by atoms with Gasteiger partial charge in [-0.25, -0.2) is 14.8 Å². The number of rotatable bonds is 10. The lowest BCUT2D eigenvalue weighted by atomic mass is 9.71. The first kappa shape index (κ1) is 47.9. The van der Waals surface area contributed by atoms with Gasteiger partial charge in [0.2, 0.25) is 17.8 Å². The maximum Gasteiger partial charge on any atom is 0.490 e. The van der Waals surface area contributed by atoms with Crippen molar-refractivity contribution in [3.8, 4) is 11.8 Å². The quantitative estimate of drug-likeness (QED) is 0.159. The van der Waals surface area contributed by atoms with Crippen LogP contribution in [0.2, 0.25) is 5.02 Å². The van der Waals surface area contributed by atoms with Gasteiger partial charge in [0.25, 0.3) is 11.8 Å². The predicted octanol–water partition coefficient (Wildman–Crippen LogP) is 6.76. The van der Waals surface area contributed by atoms with Gasteiger partial charge in [0.15, 0.2) is 0 Å². The summed E-state index contributed by atoms with van der Waals surface area (Å²) in [6.45, 7) is 11.5. The molecule has 1 aromatic heterocycles. The number of carboxylic acids is 1. The number of nitriles is 1. The number of carbonyl (C=O) groups is 5. The van der Waals surface area contributed by atoms with Gasteiger partial charge < -0.3 is 24.5 Å². The Morgan fingerprint density at radius 3 is 2.21 bits per heavy atom. The van der Waals surface area contributed by atoms with Crippen LogP contribution in [-0.4, -0.2) is 113 Å². The second-order valence-electron chi connectivity index (χ2n) is 18.7. The van der Waals surface area contributed by atoms with E-state index in [0.29, 0.717) is 39.7 Å². The highest BCUT2D eigenvalue weighted by atomic mass is 35.5. The molecule has 0 saturated carbocycles. The number of benzene rings is 3. The lowest BCUT2D eigenvalue weighted by Crippen LogP contribution is -2.54. The number of halogens is 4. The van der Waals surface area contributed by atoms with Crippen LogP contribution in [0.3, 0.4) is 0 Å². The fraction of sp³-hybridized carbons (Fsp3) is 0.429. The average molecular weight is 955 g/mol. The standard InChI is InChI=1S/C47H49ClN8O5.C2HF3O2/c1-46(2,33-21-30(25-49)22-34(48)23-33)32-3-6-37(7-4-32)61-29-35-11-16-50-45(51-35)55-27-31(28-55)26-53-17-12-47(13-18-53)14-19-54(20-15-47)36-5-8-38-39(24-36)44(60)56(43(38)59)40-9-10-41(57)52-42(40)58;3-2(4,5)1(6)7/h3-8,11,16,21-24,31,40H,9-10,12-15,17-20,26-29H2,1-2H3,(H,52,57,58);(H,6,7). The summed E-state index contributed by atoms with van der Waals surface area (Å²) in [5, 5.41) is 19.3. The molecule has 15 nitrogen and oxygen atoms in total. The molecule has 3 aromatic carbocycles. The summed E-state index contributed by atoms with van der Waals surface area (Å²) in [6, 6.07) is 22.1. The number of aliphatic carboxylic acids is 1. The summed E-state index contributed by atoms with van der Waals surface area (Å²) in [6.07, 6.45) is 1.48. The molecule has 19 heteroatoms. The first-order chi connectivity index (χ1) is 32.3. The zero-order valence-corrected chi connectivity index (χ0v) is 38.3. The highest BCUT2D eigenvalue weighted by Gasteiger charge is 2.45. The maximum atomic E-state index is 13.4. The number of amides is 4. The lowest BCUT2D eigenvalue weighted by molar-refractivity contribution is -0.192. The smallest absolute Gasteiger partial charge is 0.487 e. The molecule has 6 heterocycles. The van der Waals surface area contributed by atoms with E-state index in [1.165, 1.54) is 12.8 Å². The molecule has 0 bridgehead atoms. The van der Waals surface area contributed by atoms with Crippen molar-refractivity contribution in [3.05, 3.63) is 111 Å². The summed E-state index contributed by atoms with van der Waals surface area (Å²) in [7, 11) is 0. The van der Waals surface area contributed by atoms with E-state index in [-0.39, 0.29) is 24.2 Å². The van der Waals surface area contributed by atoms with Crippen LogP contribution in [0, 0.1) is 22.7 Å². The third kappa shape index (κ3) is 10.3. The van der Waals surface area contributed by atoms with Crippen LogP contribution in [0.15, 0.2) is 72.9 Å². The van der Waals surface area contributed by atoms with Crippen LogP contribution in [0.4, 0.5) is 24.8 Å². The SMILES string of the molecule is CC(C)(c1ccc(OCc2ccnc(N3CC(CN4CCC5(CC4)CCN(c4ccc6c(c4)C(=O)N(C4CCC(=O)NC4=O)C6=O)CC5)C3)n2)cc1)c1cc(Cl)cc(C#N)c1.O=C(O)C(F)(F)F. The van der Waals surface area contributed by atoms with E-state index in [4.69, 9.17) is 31.2 Å². The van der Waals surface area contributed by atoms with Gasteiger partial charge in [-0.2, -0.15) is 18.4 Å². The summed E-state index contributed by atoms with van der Waals surface area (Å²) < 4.78 is 37.9. The Labute approximate surface area is 395 Å². The lowest BCUT2D eigenvalue weighted by Gasteiger charge is -2.49. The van der Waals surface area contributed by atoms with Crippen molar-refractivity contribution in [2.24, 2.45) is 11.3 Å². The van der Waals surface area contributed by atoms with Crippen molar-refractivity contribution in [2.45, 2.75) is 76.6 Å². The van der Waals surface area contributed by atoms with Gasteiger partial charge in [-0.3, -0.25) is 29.4 Å². The number of piperidine rings is 3. The molecule has 4 aromatic rings. The molecule has 0 aliphatic carbocycles. The van der Waals surface area contributed by atoms with Gasteiger partial charge in [-0.05, 0) is 116 Å². The van der Waals surface area contributed by atoms with Gasteiger partial charge in [0, 0.05) is 67.4 Å². The zero-order chi connectivity index (χ0) is 48.5. The molecule has 5 aliphatic heterocycles. The van der Waals surface area contributed by atoms with E-state index in [2.05, 4.69) is 44.9 Å². The molecule has 1 unspecified atom stereocenters. The second kappa shape index (κ2) is 19.2. The minimum Gasteiger partial charge on any atom is -0.487 e. The number of fused-ring (bicyclic) bond motifs is 1. The first-order valence-electron chi connectivity index (χ1n) is 22.5. The van der Waals surface area contributed by atoms with Crippen LogP contribution in [0.5, 0.6) is 5.75 Å². The molecule has 4 saturated heterocycles. The van der Waals surface area contributed by atoms with Gasteiger partial charge in [-0.15, -0.1) is 0 Å². The monoisotopic (exact) mass is 954 g/mol. The summed E-state index contributed by atoms with van der Waals surface area (Å²) >= 11 is 6.30. The number of aromatic nitrogens is 2. The Morgan fingerprint density at radius 1 is 0.897 bits per heavy atom. The number of hydrogen-bond donors (Lipinski definition) is 2. The van der Waals surface area contributed by atoms with Gasteiger partial charge >= 0.3 is 12.1 Å². The molecular formula is C49H50ClF3N8O7. The van der Waals surface area contributed by atoms with Crippen LogP contribution >= 0.6 is 11.6 Å². The van der Waals surface area contributed by atoms with Crippen molar-refractivity contribution in [2.75, 3.05) is 55.6 Å². The van der Waals surface area contributed by atoms with Crippen LogP contribution in [0.1, 0.15) is 95.5 Å². The Hall–Kier alpha value is -6.58. The third-order valence-corrected chi connectivity index (χ3v) is 14.2. The molecule has 2 N–H and O–H groups in total. The van der Waals surface area contributed by atoms with Gasteiger partial charge in [0.1, 0.15) is 18.4 Å². The molecule has 0 radical (unpaired) electrons. The van der Waals surface area contributed by atoms with E-state index >= 15 is 0 Å². The molecule has 4 amide bonds. The molecule has 1 atom stereocenters. The Balaban J connectivity index is 0.000000830. The minimum absolute atomic E-state index is 0.100. The Kier molecular flexibility index (Phi) is 13.5. The van der Waals surface area contributed by atoms with E-state index in [9.17, 15) is 37.6 Å². The first-order valence-corrected chi connectivity index (χ1v) is 22.8. The predicted molar refractivity (Wildman–Crippen MR) is 243 cm³/mol. The highest BCUT2D eigenvalue weighted by molar-refractivity contribution is 6.30. The third-order valence-electron chi connectivity index (χ3n) is 13.9. The number of carboxylic acid groups (broad SMARTS) is 1. The van der Waals surface area contributed by atoms with E-state index in [0.717, 1.165) is 97.8 Å². The number of alkyl halides is 3. The minimum atomic E-state index is -5.08. The van der Waals surface area contributed by atoms with E-state index in [1.54, 1.807) is 24.4 Å². The van der Waals surface area contributed by atoms with Crippen LogP contribution < -0.4 is 19.9 Å². The second-order valence-corrected chi connectivity index (χ2v) is 19.1. The Bertz CT molecular complexity index is 2650. The number of imide groups is 2. The number of likely N-dealkylation sites (tertiary alicyclic amines) is 1. The fourth-order valence-electron chi connectivity index (χ4n) is 9.74. The van der Waals surface area contributed by atoms with Crippen LogP contribution in [0.25, 0.3) is 0 Å². The van der Waals surface area contributed by atoms with Crippen LogP contribution in [-0.2, 0) is 26.4 Å². The van der Waals surface area contributed by atoms with Crippen molar-refractivity contribution < 1.29 is 47.0 Å². The Morgan fingerprint density at radius 2 is 1.56 bits per heavy atom. The number of ether oxygens (including phenoxy) is 1. The van der Waals surface area contributed by atoms with Crippen molar-refractivity contribution in [1.82, 2.24) is 25.1 Å². The number of hydrogen-bond acceptors (Lipinski definition) is 12. The molecule has 5 aliphatic rings. The highest BCUT2D eigenvalue weighted by Crippen LogP contribution is 2.43. The van der Waals surface area contributed by atoms with Crippen molar-refractivity contribution in [1.29, 1.82) is 5.26 Å². The number of nitrogens with one attached hydrogen (secondary N) is 1. The molecule has 1 spiro atoms. The number of nitrogens with zero attached hydrogens (tertiary/aromatic N) is 7. The van der Waals surface area contributed by atoms with Gasteiger partial charge in [0.05, 0.1) is 28.5 Å². The molecule has 356 valence electrons. The largest absolute Gasteiger partial charge is 0.490 e. The molecule has 68 heavy (non-hydrogen) atoms. The van der Waals surface area contributed by atoms with Gasteiger partial charge in [-0.1, -0.05) is 37.6 Å². The summed E-state index contributed by atoms with van der Waals surface area (Å²) in [4.78, 5) is 77.2. The maximum absolute atomic E-state index is 13.4. The average Bonchev–Trinajstić information content (AvgIpc) is 3.55. The van der Waals surface area contributed by atoms with Crippen molar-refractivity contribution in [3.63, 3.8) is 0 Å².